The van der Waals surface area contributed by atoms with Crippen molar-refractivity contribution in [3.8, 4) is 0 Å². The van der Waals surface area contributed by atoms with Gasteiger partial charge in [0.1, 0.15) is 0 Å². The Labute approximate surface area is 65.3 Å². The highest BCUT2D eigenvalue weighted by atomic mass is 32.2. The van der Waals surface area contributed by atoms with Gasteiger partial charge in [-0.2, -0.15) is 0 Å². The first-order chi connectivity index (χ1) is 4.63. The van der Waals surface area contributed by atoms with Gasteiger partial charge >= 0.3 is 0 Å². The van der Waals surface area contributed by atoms with Crippen molar-refractivity contribution >= 4 is 17.5 Å². The van der Waals surface area contributed by atoms with E-state index in [1.54, 1.807) is 18.7 Å². The summed E-state index contributed by atoms with van der Waals surface area (Å²) in [6.07, 6.45) is 0. The monoisotopic (exact) mass is 157 g/mol. The molecule has 1 aliphatic heterocycles. The number of hydrogen-bond acceptors (Lipinski definition) is 3. The predicted octanol–water partition coefficient (Wildman–Crippen LogP) is 1.44. The molecule has 0 aromatic carbocycles. The second-order valence-electron chi connectivity index (χ2n) is 2.44. The van der Waals surface area contributed by atoms with Crippen LogP contribution in [0.4, 0.5) is 0 Å². The van der Waals surface area contributed by atoms with Gasteiger partial charge in [-0.1, -0.05) is 11.8 Å². The van der Waals surface area contributed by atoms with Crippen LogP contribution < -0.4 is 0 Å². The highest BCUT2D eigenvalue weighted by Crippen LogP contribution is 2.30. The van der Waals surface area contributed by atoms with Gasteiger partial charge in [-0.25, -0.2) is 0 Å². The molecule has 0 N–H and O–H groups in total. The number of allylic oxidation sites excluding steroid dienone is 2. The molecule has 56 valence electrons. The molecule has 0 fully saturated rings. The summed E-state index contributed by atoms with van der Waals surface area (Å²) in [7, 11) is 2.00. The van der Waals surface area contributed by atoms with E-state index < -0.39 is 0 Å². The zero-order chi connectivity index (χ0) is 7.72. The highest BCUT2D eigenvalue weighted by molar-refractivity contribution is 8.04. The average molecular weight is 157 g/mol. The van der Waals surface area contributed by atoms with E-state index >= 15 is 0 Å². The van der Waals surface area contributed by atoms with E-state index in [1.807, 2.05) is 14.0 Å². The third-order valence-corrected chi connectivity index (χ3v) is 3.01. The van der Waals surface area contributed by atoms with Crippen LogP contribution in [0, 0.1) is 0 Å². The molecule has 0 bridgehead atoms. The van der Waals surface area contributed by atoms with E-state index in [4.69, 9.17) is 0 Å². The van der Waals surface area contributed by atoms with E-state index in [9.17, 15) is 4.79 Å². The highest BCUT2D eigenvalue weighted by Gasteiger charge is 2.18. The van der Waals surface area contributed by atoms with Crippen LogP contribution in [0.15, 0.2) is 10.6 Å². The molecule has 0 amide bonds. The van der Waals surface area contributed by atoms with E-state index in [2.05, 4.69) is 4.90 Å². The first-order valence-corrected chi connectivity index (χ1v) is 4.17. The summed E-state index contributed by atoms with van der Waals surface area (Å²) in [4.78, 5) is 13.9. The van der Waals surface area contributed by atoms with E-state index in [0.29, 0.717) is 0 Å². The van der Waals surface area contributed by atoms with Crippen molar-refractivity contribution in [2.24, 2.45) is 0 Å². The van der Waals surface area contributed by atoms with Crippen molar-refractivity contribution in [1.82, 2.24) is 4.90 Å². The quantitative estimate of drug-likeness (QED) is 0.574. The maximum Gasteiger partial charge on any atom is 0.167 e. The topological polar surface area (TPSA) is 20.3 Å². The lowest BCUT2D eigenvalue weighted by Crippen LogP contribution is -2.09. The molecule has 0 aromatic heterocycles. The van der Waals surface area contributed by atoms with Crippen LogP contribution in [0.1, 0.15) is 13.8 Å². The van der Waals surface area contributed by atoms with Crippen LogP contribution >= 0.6 is 11.8 Å². The van der Waals surface area contributed by atoms with Crippen molar-refractivity contribution in [2.75, 3.05) is 12.9 Å². The minimum Gasteiger partial charge on any atom is -0.367 e. The summed E-state index contributed by atoms with van der Waals surface area (Å²) in [5.41, 5.74) is 1.11. The zero-order valence-corrected chi connectivity index (χ0v) is 7.29. The lowest BCUT2D eigenvalue weighted by Gasteiger charge is -2.09. The molecule has 1 heterocycles. The minimum absolute atomic E-state index is 0.187. The summed E-state index contributed by atoms with van der Waals surface area (Å²) in [5.74, 6) is 1.10. The lowest BCUT2D eigenvalue weighted by atomic mass is 10.3. The maximum absolute atomic E-state index is 10.9. The molecule has 0 saturated heterocycles. The van der Waals surface area contributed by atoms with Gasteiger partial charge in [-0.3, -0.25) is 4.79 Å². The van der Waals surface area contributed by atoms with Crippen LogP contribution in [0.5, 0.6) is 0 Å². The molecular formula is C7H11NOS. The molecule has 0 unspecified atom stereocenters. The van der Waals surface area contributed by atoms with E-state index in [1.165, 1.54) is 0 Å². The van der Waals surface area contributed by atoms with Crippen molar-refractivity contribution < 1.29 is 4.79 Å². The maximum atomic E-state index is 10.9. The van der Waals surface area contributed by atoms with Crippen LogP contribution in [-0.4, -0.2) is 23.6 Å². The molecule has 10 heavy (non-hydrogen) atoms. The first-order valence-electron chi connectivity index (χ1n) is 3.18. The van der Waals surface area contributed by atoms with Gasteiger partial charge in [-0.15, -0.1) is 0 Å². The Bertz CT molecular complexity index is 198. The molecular weight excluding hydrogens is 146 g/mol. The van der Waals surface area contributed by atoms with Gasteiger partial charge in [0.2, 0.25) is 0 Å². The second kappa shape index (κ2) is 2.66. The molecule has 0 radical (unpaired) electrons. The normalized spacial score (nSPS) is 18.5. The third kappa shape index (κ3) is 1.19. The number of carbonyl (C=O) groups is 1. The summed E-state index contributed by atoms with van der Waals surface area (Å²) < 4.78 is 0. The second-order valence-corrected chi connectivity index (χ2v) is 3.40. The molecule has 1 aliphatic rings. The number of hydrogen-bond donors (Lipinski definition) is 0. The average Bonchev–Trinajstić information content (AvgIpc) is 2.14. The van der Waals surface area contributed by atoms with Gasteiger partial charge in [0.15, 0.2) is 5.78 Å². The molecule has 0 spiro atoms. The fourth-order valence-corrected chi connectivity index (χ4v) is 1.98. The Morgan fingerprint density at radius 3 is 2.50 bits per heavy atom. The Kier molecular flexibility index (Phi) is 2.04. The molecule has 3 heteroatoms. The lowest BCUT2D eigenvalue weighted by molar-refractivity contribution is -0.113. The van der Waals surface area contributed by atoms with Gasteiger partial charge in [0.05, 0.1) is 10.8 Å². The van der Waals surface area contributed by atoms with Crippen LogP contribution in [0.25, 0.3) is 0 Å². The third-order valence-electron chi connectivity index (χ3n) is 1.62. The van der Waals surface area contributed by atoms with Crippen molar-refractivity contribution in [1.29, 1.82) is 0 Å². The van der Waals surface area contributed by atoms with Crippen molar-refractivity contribution in [3.63, 3.8) is 0 Å². The number of thioether (sulfide) groups is 1. The molecule has 0 aliphatic carbocycles. The van der Waals surface area contributed by atoms with Gasteiger partial charge in [0.25, 0.3) is 0 Å². The standard InChI is InChI=1S/C7H11NOS/c1-5-7(6(2)9)10-4-8(5)3/h4H2,1-3H3. The Morgan fingerprint density at radius 1 is 1.70 bits per heavy atom. The fraction of sp³-hybridized carbons (Fsp3) is 0.571. The number of nitrogens with zero attached hydrogens (tertiary/aromatic N) is 1. The smallest absolute Gasteiger partial charge is 0.167 e. The predicted molar refractivity (Wildman–Crippen MR) is 43.6 cm³/mol. The molecule has 1 rings (SSSR count). The Hall–Kier alpha value is -0.440. The van der Waals surface area contributed by atoms with Gasteiger partial charge in [-0.05, 0) is 13.8 Å². The SMILES string of the molecule is CC(=O)C1=C(C)N(C)CS1. The molecule has 0 atom stereocenters. The van der Waals surface area contributed by atoms with Crippen molar-refractivity contribution in [3.05, 3.63) is 10.6 Å². The van der Waals surface area contributed by atoms with Crippen LogP contribution in [0.2, 0.25) is 0 Å². The summed E-state index contributed by atoms with van der Waals surface area (Å²) >= 11 is 1.62. The van der Waals surface area contributed by atoms with E-state index in [0.717, 1.165) is 16.5 Å². The summed E-state index contributed by atoms with van der Waals surface area (Å²) in [6, 6.07) is 0. The van der Waals surface area contributed by atoms with Crippen LogP contribution in [-0.2, 0) is 4.79 Å². The Balaban J connectivity index is 2.85. The molecule has 2 nitrogen and oxygen atoms in total. The largest absolute Gasteiger partial charge is 0.367 e. The summed E-state index contributed by atoms with van der Waals surface area (Å²) in [5, 5.41) is 0. The van der Waals surface area contributed by atoms with Gasteiger partial charge in [0, 0.05) is 12.7 Å². The van der Waals surface area contributed by atoms with Crippen molar-refractivity contribution in [2.45, 2.75) is 13.8 Å². The van der Waals surface area contributed by atoms with Crippen LogP contribution in [0.3, 0.4) is 0 Å². The minimum atomic E-state index is 0.187. The Morgan fingerprint density at radius 2 is 2.30 bits per heavy atom. The number of carbonyl (C=O) groups excluding carboxylic acids is 1. The molecule has 0 saturated carbocycles. The number of Topliss-reactive ketones (excluding diaryl/α,β-unsaturated/α-hetero) is 1. The fourth-order valence-electron chi connectivity index (χ4n) is 0.892. The number of rotatable bonds is 1. The summed E-state index contributed by atoms with van der Waals surface area (Å²) in [6.45, 7) is 3.60. The number of ketones is 1. The van der Waals surface area contributed by atoms with E-state index in [-0.39, 0.29) is 5.78 Å². The zero-order valence-electron chi connectivity index (χ0n) is 6.47. The van der Waals surface area contributed by atoms with Gasteiger partial charge < -0.3 is 4.90 Å². The first kappa shape index (κ1) is 7.66. The molecule has 0 aromatic rings.